The Labute approximate surface area is 89.7 Å². The van der Waals surface area contributed by atoms with E-state index < -0.39 is 15.1 Å². The minimum absolute atomic E-state index is 0.133. The summed E-state index contributed by atoms with van der Waals surface area (Å²) < 4.78 is 23.6. The molecule has 2 rings (SSSR count). The lowest BCUT2D eigenvalue weighted by atomic mass is 10.1. The molecule has 15 heavy (non-hydrogen) atoms. The lowest BCUT2D eigenvalue weighted by Crippen LogP contribution is -2.21. The van der Waals surface area contributed by atoms with Crippen LogP contribution in [0.5, 0.6) is 5.75 Å². The van der Waals surface area contributed by atoms with Crippen LogP contribution in [0, 0.1) is 0 Å². The molecule has 0 bridgehead atoms. The van der Waals surface area contributed by atoms with Gasteiger partial charge in [0.1, 0.15) is 5.75 Å². The molecule has 0 aliphatic carbocycles. The monoisotopic (exact) mass is 226 g/mol. The number of sulfone groups is 1. The highest BCUT2D eigenvalue weighted by atomic mass is 32.2. The molecule has 1 saturated heterocycles. The number of phenols is 1. The van der Waals surface area contributed by atoms with E-state index in [2.05, 4.69) is 0 Å². The van der Waals surface area contributed by atoms with Gasteiger partial charge in [0.2, 0.25) is 0 Å². The second-order valence-corrected chi connectivity index (χ2v) is 6.25. The van der Waals surface area contributed by atoms with E-state index in [0.717, 1.165) is 18.4 Å². The van der Waals surface area contributed by atoms with Crippen molar-refractivity contribution in [2.45, 2.75) is 24.5 Å². The van der Waals surface area contributed by atoms with Crippen molar-refractivity contribution in [2.24, 2.45) is 0 Å². The maximum Gasteiger partial charge on any atom is 0.157 e. The first kappa shape index (κ1) is 10.5. The van der Waals surface area contributed by atoms with E-state index in [1.165, 1.54) is 0 Å². The molecule has 1 atom stereocenters. The number of phenolic OH excluding ortho intramolecular Hbond substituents is 1. The average molecular weight is 226 g/mol. The number of rotatable bonds is 1. The first-order valence-corrected chi connectivity index (χ1v) is 6.82. The van der Waals surface area contributed by atoms with Crippen LogP contribution in [0.3, 0.4) is 0 Å². The van der Waals surface area contributed by atoms with E-state index >= 15 is 0 Å². The molecule has 4 heteroatoms. The number of hydrogen-bond acceptors (Lipinski definition) is 3. The maximum atomic E-state index is 11.8. The summed E-state index contributed by atoms with van der Waals surface area (Å²) >= 11 is 0. The molecule has 1 aliphatic rings. The number of benzene rings is 1. The third-order valence-corrected chi connectivity index (χ3v) is 5.05. The Bertz CT molecular complexity index is 451. The van der Waals surface area contributed by atoms with Crippen molar-refractivity contribution in [3.05, 3.63) is 29.8 Å². The topological polar surface area (TPSA) is 54.4 Å². The van der Waals surface area contributed by atoms with E-state index in [9.17, 15) is 13.5 Å². The molecule has 0 saturated carbocycles. The molecule has 0 aromatic heterocycles. The highest BCUT2D eigenvalue weighted by molar-refractivity contribution is 7.91. The zero-order chi connectivity index (χ0) is 10.9. The van der Waals surface area contributed by atoms with Gasteiger partial charge in [0.05, 0.1) is 11.0 Å². The van der Waals surface area contributed by atoms with E-state index in [0.29, 0.717) is 6.42 Å². The molecule has 82 valence electrons. The molecule has 1 heterocycles. The van der Waals surface area contributed by atoms with Gasteiger partial charge >= 0.3 is 0 Å². The Morgan fingerprint density at radius 2 is 2.07 bits per heavy atom. The molecular formula is C11H14O3S. The Morgan fingerprint density at radius 3 is 2.73 bits per heavy atom. The van der Waals surface area contributed by atoms with Gasteiger partial charge in [-0.15, -0.1) is 0 Å². The van der Waals surface area contributed by atoms with Gasteiger partial charge < -0.3 is 5.11 Å². The van der Waals surface area contributed by atoms with Crippen molar-refractivity contribution in [3.8, 4) is 5.75 Å². The average Bonchev–Trinajstić information content (AvgIpc) is 2.17. The number of aromatic hydroxyl groups is 1. The van der Waals surface area contributed by atoms with Crippen LogP contribution in [0.2, 0.25) is 0 Å². The van der Waals surface area contributed by atoms with Gasteiger partial charge in [-0.25, -0.2) is 8.42 Å². The first-order chi connectivity index (χ1) is 7.09. The smallest absolute Gasteiger partial charge is 0.157 e. The Morgan fingerprint density at radius 1 is 1.27 bits per heavy atom. The molecule has 1 N–H and O–H groups in total. The molecule has 1 aliphatic heterocycles. The summed E-state index contributed by atoms with van der Waals surface area (Å²) in [5.41, 5.74) is 0.717. The van der Waals surface area contributed by atoms with Crippen LogP contribution in [0.15, 0.2) is 24.3 Å². The molecule has 1 unspecified atom stereocenters. The number of hydrogen-bond donors (Lipinski definition) is 1. The Kier molecular flexibility index (Phi) is 2.69. The standard InChI is InChI=1S/C11H14O3S/c12-10-5-3-4-9(8-10)11-6-1-2-7-15(11,13)14/h3-5,8,11-12H,1-2,6-7H2. The van der Waals surface area contributed by atoms with Crippen LogP contribution in [0.1, 0.15) is 30.1 Å². The zero-order valence-electron chi connectivity index (χ0n) is 8.39. The predicted octanol–water partition coefficient (Wildman–Crippen LogP) is 2.03. The van der Waals surface area contributed by atoms with Crippen molar-refractivity contribution in [1.29, 1.82) is 0 Å². The summed E-state index contributed by atoms with van der Waals surface area (Å²) in [4.78, 5) is 0. The molecule has 3 nitrogen and oxygen atoms in total. The van der Waals surface area contributed by atoms with Crippen molar-refractivity contribution < 1.29 is 13.5 Å². The third kappa shape index (κ3) is 2.15. The quantitative estimate of drug-likeness (QED) is 0.797. The fraction of sp³-hybridized carbons (Fsp3) is 0.455. The van der Waals surface area contributed by atoms with E-state index in [1.54, 1.807) is 24.3 Å². The minimum atomic E-state index is -3.00. The lowest BCUT2D eigenvalue weighted by molar-refractivity contribution is 0.473. The summed E-state index contributed by atoms with van der Waals surface area (Å²) in [6.45, 7) is 0. The summed E-state index contributed by atoms with van der Waals surface area (Å²) in [7, 11) is -3.00. The SMILES string of the molecule is O=S1(=O)CCCCC1c1cccc(O)c1. The van der Waals surface area contributed by atoms with Crippen LogP contribution >= 0.6 is 0 Å². The van der Waals surface area contributed by atoms with Crippen LogP contribution in [-0.2, 0) is 9.84 Å². The van der Waals surface area contributed by atoms with E-state index in [-0.39, 0.29) is 11.5 Å². The van der Waals surface area contributed by atoms with Gasteiger partial charge in [-0.05, 0) is 30.5 Å². The van der Waals surface area contributed by atoms with Crippen LogP contribution in [0.4, 0.5) is 0 Å². The van der Waals surface area contributed by atoms with Gasteiger partial charge in [0.15, 0.2) is 9.84 Å². The van der Waals surface area contributed by atoms with Gasteiger partial charge in [0.25, 0.3) is 0 Å². The van der Waals surface area contributed by atoms with Crippen molar-refractivity contribution in [3.63, 3.8) is 0 Å². The fourth-order valence-electron chi connectivity index (χ4n) is 2.05. The van der Waals surface area contributed by atoms with Crippen LogP contribution < -0.4 is 0 Å². The van der Waals surface area contributed by atoms with Gasteiger partial charge in [0, 0.05) is 0 Å². The highest BCUT2D eigenvalue weighted by Crippen LogP contribution is 2.34. The van der Waals surface area contributed by atoms with Crippen molar-refractivity contribution >= 4 is 9.84 Å². The largest absolute Gasteiger partial charge is 0.508 e. The molecule has 0 amide bonds. The summed E-state index contributed by atoms with van der Waals surface area (Å²) in [6.07, 6.45) is 2.38. The summed E-state index contributed by atoms with van der Waals surface area (Å²) in [5.74, 6) is 0.404. The lowest BCUT2D eigenvalue weighted by Gasteiger charge is -2.22. The molecule has 0 spiro atoms. The molecule has 1 aromatic rings. The fourth-order valence-corrected chi connectivity index (χ4v) is 4.03. The molecule has 0 radical (unpaired) electrons. The van der Waals surface area contributed by atoms with E-state index in [1.807, 2.05) is 0 Å². The Balaban J connectivity index is 2.37. The zero-order valence-corrected chi connectivity index (χ0v) is 9.20. The first-order valence-electron chi connectivity index (χ1n) is 5.10. The van der Waals surface area contributed by atoms with Crippen LogP contribution in [0.25, 0.3) is 0 Å². The van der Waals surface area contributed by atoms with Crippen LogP contribution in [-0.4, -0.2) is 19.3 Å². The summed E-state index contributed by atoms with van der Waals surface area (Å²) in [5, 5.41) is 8.90. The normalized spacial score (nSPS) is 24.9. The molecular weight excluding hydrogens is 212 g/mol. The maximum absolute atomic E-state index is 11.8. The molecule has 1 aromatic carbocycles. The second-order valence-electron chi connectivity index (χ2n) is 3.95. The minimum Gasteiger partial charge on any atom is -0.508 e. The van der Waals surface area contributed by atoms with Gasteiger partial charge in [-0.1, -0.05) is 18.6 Å². The second kappa shape index (κ2) is 3.85. The summed E-state index contributed by atoms with van der Waals surface area (Å²) in [6, 6.07) is 6.56. The molecule has 1 fully saturated rings. The van der Waals surface area contributed by atoms with Gasteiger partial charge in [-0.3, -0.25) is 0 Å². The van der Waals surface area contributed by atoms with Gasteiger partial charge in [-0.2, -0.15) is 0 Å². The Hall–Kier alpha value is -1.03. The highest BCUT2D eigenvalue weighted by Gasteiger charge is 2.30. The van der Waals surface area contributed by atoms with E-state index in [4.69, 9.17) is 0 Å². The van der Waals surface area contributed by atoms with Crippen molar-refractivity contribution in [2.75, 3.05) is 5.75 Å². The third-order valence-electron chi connectivity index (χ3n) is 2.82. The predicted molar refractivity (Wildman–Crippen MR) is 58.5 cm³/mol. The van der Waals surface area contributed by atoms with Crippen molar-refractivity contribution in [1.82, 2.24) is 0 Å².